The molecule has 2 aromatic carbocycles. The van der Waals surface area contributed by atoms with E-state index in [0.717, 1.165) is 23.3 Å². The van der Waals surface area contributed by atoms with Crippen LogP contribution in [-0.4, -0.2) is 4.98 Å². The lowest BCUT2D eigenvalue weighted by atomic mass is 9.97. The van der Waals surface area contributed by atoms with Crippen LogP contribution < -0.4 is 5.73 Å². The molecule has 0 fully saturated rings. The van der Waals surface area contributed by atoms with Crippen LogP contribution in [0.4, 0.5) is 14.6 Å². The number of anilines is 1. The third kappa shape index (κ3) is 2.70. The van der Waals surface area contributed by atoms with Gasteiger partial charge in [0.05, 0.1) is 5.69 Å². The Balaban J connectivity index is 2.27. The maximum Gasteiger partial charge on any atom is 0.159 e. The lowest BCUT2D eigenvalue weighted by Gasteiger charge is -2.12. The number of halogens is 2. The van der Waals surface area contributed by atoms with Crippen molar-refractivity contribution in [3.63, 3.8) is 0 Å². The van der Waals surface area contributed by atoms with E-state index in [1.807, 2.05) is 37.3 Å². The summed E-state index contributed by atoms with van der Waals surface area (Å²) in [5.41, 5.74) is 9.27. The summed E-state index contributed by atoms with van der Waals surface area (Å²) in [6.45, 7) is 1.93. The zero-order valence-corrected chi connectivity index (χ0v) is 12.8. The second-order valence-corrected chi connectivity index (χ2v) is 5.37. The van der Waals surface area contributed by atoms with Gasteiger partial charge in [0, 0.05) is 11.1 Å². The van der Waals surface area contributed by atoms with Crippen LogP contribution in [0.5, 0.6) is 0 Å². The fraction of sp³-hybridized carbons (Fsp3) is 0.0526. The van der Waals surface area contributed by atoms with Crippen LogP contribution in [0.1, 0.15) is 11.1 Å². The van der Waals surface area contributed by atoms with Crippen LogP contribution in [0, 0.1) is 29.9 Å². The van der Waals surface area contributed by atoms with Crippen LogP contribution in [0.15, 0.2) is 48.5 Å². The van der Waals surface area contributed by atoms with Crippen LogP contribution in [-0.2, 0) is 0 Å². The van der Waals surface area contributed by atoms with Crippen molar-refractivity contribution in [2.75, 3.05) is 5.73 Å². The number of nitrogen functional groups attached to an aromatic ring is 1. The summed E-state index contributed by atoms with van der Waals surface area (Å²) >= 11 is 0. The van der Waals surface area contributed by atoms with Crippen molar-refractivity contribution in [3.8, 4) is 28.5 Å². The van der Waals surface area contributed by atoms with Gasteiger partial charge in [-0.15, -0.1) is 0 Å². The third-order valence-electron chi connectivity index (χ3n) is 3.81. The van der Waals surface area contributed by atoms with E-state index < -0.39 is 11.6 Å². The Kier molecular flexibility index (Phi) is 3.97. The predicted molar refractivity (Wildman–Crippen MR) is 88.9 cm³/mol. The quantitative estimate of drug-likeness (QED) is 0.758. The minimum Gasteiger partial charge on any atom is -0.383 e. The van der Waals surface area contributed by atoms with Gasteiger partial charge in [-0.1, -0.05) is 30.3 Å². The predicted octanol–water partition coefficient (Wildman–Crippen LogP) is 4.46. The highest BCUT2D eigenvalue weighted by molar-refractivity contribution is 5.80. The summed E-state index contributed by atoms with van der Waals surface area (Å²) in [5, 5.41) is 9.36. The highest BCUT2D eigenvalue weighted by Crippen LogP contribution is 2.32. The van der Waals surface area contributed by atoms with Gasteiger partial charge in [0.15, 0.2) is 11.6 Å². The third-order valence-corrected chi connectivity index (χ3v) is 3.81. The highest BCUT2D eigenvalue weighted by Gasteiger charge is 2.15. The molecule has 0 unspecified atom stereocenters. The second kappa shape index (κ2) is 6.09. The minimum atomic E-state index is -0.982. The first kappa shape index (κ1) is 15.6. The molecule has 0 atom stereocenters. The zero-order valence-electron chi connectivity index (χ0n) is 12.8. The number of nitrogens with two attached hydrogens (primary N) is 1. The smallest absolute Gasteiger partial charge is 0.159 e. The molecule has 0 spiro atoms. The summed E-state index contributed by atoms with van der Waals surface area (Å²) in [7, 11) is 0. The maximum absolute atomic E-state index is 13.6. The van der Waals surface area contributed by atoms with E-state index in [1.165, 1.54) is 6.07 Å². The first-order valence-electron chi connectivity index (χ1n) is 7.23. The van der Waals surface area contributed by atoms with Crippen molar-refractivity contribution in [1.29, 1.82) is 5.26 Å². The van der Waals surface area contributed by atoms with Gasteiger partial charge in [-0.3, -0.25) is 0 Å². The summed E-state index contributed by atoms with van der Waals surface area (Å²) in [6.07, 6.45) is 0. The molecule has 3 nitrogen and oxygen atoms in total. The summed E-state index contributed by atoms with van der Waals surface area (Å²) in [5.74, 6) is -1.87. The van der Waals surface area contributed by atoms with Crippen molar-refractivity contribution in [2.45, 2.75) is 6.92 Å². The molecule has 1 heterocycles. The van der Waals surface area contributed by atoms with Crippen LogP contribution >= 0.6 is 0 Å². The van der Waals surface area contributed by atoms with Crippen molar-refractivity contribution in [3.05, 3.63) is 71.3 Å². The van der Waals surface area contributed by atoms with E-state index >= 15 is 0 Å². The topological polar surface area (TPSA) is 62.7 Å². The molecular formula is C19H13F2N3. The SMILES string of the molecule is Cc1ccccc1-c1cc(-c2ccc(F)c(F)c2)c(C#N)c(N)n1. The molecule has 3 aromatic rings. The molecule has 0 aliphatic heterocycles. The number of nitrogens with zero attached hydrogens (tertiary/aromatic N) is 2. The minimum absolute atomic E-state index is 0.0537. The lowest BCUT2D eigenvalue weighted by molar-refractivity contribution is 0.509. The van der Waals surface area contributed by atoms with Crippen LogP contribution in [0.3, 0.4) is 0 Å². The molecule has 0 saturated heterocycles. The largest absolute Gasteiger partial charge is 0.383 e. The number of hydrogen-bond donors (Lipinski definition) is 1. The van der Waals surface area contributed by atoms with Gasteiger partial charge >= 0.3 is 0 Å². The molecule has 3 rings (SSSR count). The Morgan fingerprint density at radius 2 is 1.75 bits per heavy atom. The van der Waals surface area contributed by atoms with Gasteiger partial charge in [-0.05, 0) is 36.2 Å². The molecule has 0 saturated carbocycles. The van der Waals surface area contributed by atoms with Crippen LogP contribution in [0.2, 0.25) is 0 Å². The fourth-order valence-corrected chi connectivity index (χ4v) is 2.57. The number of hydrogen-bond acceptors (Lipinski definition) is 3. The zero-order chi connectivity index (χ0) is 17.3. The van der Waals surface area contributed by atoms with Gasteiger partial charge in [-0.2, -0.15) is 5.26 Å². The molecule has 0 aliphatic carbocycles. The van der Waals surface area contributed by atoms with Gasteiger partial charge in [0.1, 0.15) is 17.5 Å². The molecular weight excluding hydrogens is 308 g/mol. The van der Waals surface area contributed by atoms with Gasteiger partial charge in [0.25, 0.3) is 0 Å². The second-order valence-electron chi connectivity index (χ2n) is 5.37. The summed E-state index contributed by atoms with van der Waals surface area (Å²) in [6, 6.07) is 14.7. The van der Waals surface area contributed by atoms with Crippen molar-refractivity contribution in [1.82, 2.24) is 4.98 Å². The van der Waals surface area contributed by atoms with Crippen molar-refractivity contribution >= 4 is 5.82 Å². The fourth-order valence-electron chi connectivity index (χ4n) is 2.57. The van der Waals surface area contributed by atoms with Gasteiger partial charge in [-0.25, -0.2) is 13.8 Å². The van der Waals surface area contributed by atoms with Crippen molar-refractivity contribution in [2.24, 2.45) is 0 Å². The average Bonchev–Trinajstić information content (AvgIpc) is 2.57. The number of rotatable bonds is 2. The molecule has 2 N–H and O–H groups in total. The molecule has 0 bridgehead atoms. The Labute approximate surface area is 138 Å². The Bertz CT molecular complexity index is 975. The van der Waals surface area contributed by atoms with E-state index in [4.69, 9.17) is 5.73 Å². The molecule has 0 amide bonds. The molecule has 118 valence electrons. The average molecular weight is 321 g/mol. The van der Waals surface area contributed by atoms with Gasteiger partial charge < -0.3 is 5.73 Å². The Morgan fingerprint density at radius 3 is 2.42 bits per heavy atom. The molecule has 5 heteroatoms. The summed E-state index contributed by atoms with van der Waals surface area (Å²) < 4.78 is 26.8. The standard InChI is InChI=1S/C19H13F2N3/c1-11-4-2-3-5-13(11)18-9-14(15(10-22)19(23)24-18)12-6-7-16(20)17(21)8-12/h2-9H,1H3,(H2,23,24). The molecule has 0 radical (unpaired) electrons. The maximum atomic E-state index is 13.6. The lowest BCUT2D eigenvalue weighted by Crippen LogP contribution is -2.00. The highest BCUT2D eigenvalue weighted by atomic mass is 19.2. The normalized spacial score (nSPS) is 10.4. The van der Waals surface area contributed by atoms with E-state index in [-0.39, 0.29) is 11.4 Å². The number of aromatic nitrogens is 1. The van der Waals surface area contributed by atoms with Gasteiger partial charge in [0.2, 0.25) is 0 Å². The number of benzene rings is 2. The monoisotopic (exact) mass is 321 g/mol. The van der Waals surface area contributed by atoms with Crippen molar-refractivity contribution < 1.29 is 8.78 Å². The Hall–Kier alpha value is -3.26. The summed E-state index contributed by atoms with van der Waals surface area (Å²) in [4.78, 5) is 4.29. The van der Waals surface area contributed by atoms with E-state index in [1.54, 1.807) is 6.07 Å². The first-order valence-corrected chi connectivity index (χ1v) is 7.23. The molecule has 24 heavy (non-hydrogen) atoms. The van der Waals surface area contributed by atoms with E-state index in [2.05, 4.69) is 4.98 Å². The number of aryl methyl sites for hydroxylation is 1. The first-order chi connectivity index (χ1) is 11.5. The Morgan fingerprint density at radius 1 is 1.00 bits per heavy atom. The molecule has 1 aromatic heterocycles. The molecule has 0 aliphatic rings. The number of nitriles is 1. The van der Waals surface area contributed by atoms with Crippen LogP contribution in [0.25, 0.3) is 22.4 Å². The number of pyridine rings is 1. The van der Waals surface area contributed by atoms with E-state index in [9.17, 15) is 14.0 Å². The van der Waals surface area contributed by atoms with E-state index in [0.29, 0.717) is 16.8 Å².